The second kappa shape index (κ2) is 8.00. The van der Waals surface area contributed by atoms with Crippen molar-refractivity contribution in [3.05, 3.63) is 59.7 Å². The summed E-state index contributed by atoms with van der Waals surface area (Å²) >= 11 is 0. The van der Waals surface area contributed by atoms with Crippen LogP contribution in [0, 0.1) is 0 Å². The molecule has 1 fully saturated rings. The molecule has 2 N–H and O–H groups in total. The molecule has 31 heavy (non-hydrogen) atoms. The van der Waals surface area contributed by atoms with Crippen LogP contribution in [-0.4, -0.2) is 39.8 Å². The van der Waals surface area contributed by atoms with E-state index in [1.54, 1.807) is 4.57 Å². The maximum Gasteiger partial charge on any atom is 0.344 e. The van der Waals surface area contributed by atoms with E-state index in [4.69, 9.17) is 25.2 Å². The summed E-state index contributed by atoms with van der Waals surface area (Å²) in [4.78, 5) is 22.6. The molecule has 5 rings (SSSR count). The van der Waals surface area contributed by atoms with Crippen LogP contribution in [0.4, 0.5) is 5.82 Å². The summed E-state index contributed by atoms with van der Waals surface area (Å²) in [6, 6.07) is 15.6. The van der Waals surface area contributed by atoms with Crippen molar-refractivity contribution in [1.29, 1.82) is 0 Å². The molecule has 0 aliphatic carbocycles. The topological polar surface area (TPSA) is 92.3 Å². The highest BCUT2D eigenvalue weighted by atomic mass is 16.6. The SMILES string of the molecule is CCc1cccc(-n2c(N)c(C(=O)OC[C@H]3CCCO3)c3nc4ccccc4nc32)c1. The molecule has 1 saturated heterocycles. The summed E-state index contributed by atoms with van der Waals surface area (Å²) < 4.78 is 12.9. The zero-order valence-corrected chi connectivity index (χ0v) is 17.4. The third-order valence-electron chi connectivity index (χ3n) is 5.70. The van der Waals surface area contributed by atoms with Gasteiger partial charge in [-0.2, -0.15) is 0 Å². The van der Waals surface area contributed by atoms with Crippen LogP contribution >= 0.6 is 0 Å². The Kier molecular flexibility index (Phi) is 5.03. The number of esters is 1. The van der Waals surface area contributed by atoms with Gasteiger partial charge in [-0.3, -0.25) is 4.57 Å². The zero-order valence-electron chi connectivity index (χ0n) is 17.4. The van der Waals surface area contributed by atoms with E-state index in [2.05, 4.69) is 13.0 Å². The summed E-state index contributed by atoms with van der Waals surface area (Å²) in [5.74, 6) is -0.233. The molecule has 158 valence electrons. The van der Waals surface area contributed by atoms with Gasteiger partial charge in [0.1, 0.15) is 23.5 Å². The van der Waals surface area contributed by atoms with Crippen molar-refractivity contribution >= 4 is 34.0 Å². The Balaban J connectivity index is 1.67. The number of hydrogen-bond acceptors (Lipinski definition) is 6. The third-order valence-corrected chi connectivity index (χ3v) is 5.70. The van der Waals surface area contributed by atoms with E-state index in [0.29, 0.717) is 23.3 Å². The van der Waals surface area contributed by atoms with Gasteiger partial charge in [-0.05, 0) is 49.1 Å². The van der Waals surface area contributed by atoms with Gasteiger partial charge in [0.25, 0.3) is 0 Å². The molecular formula is C24H24N4O3. The number of hydrogen-bond donors (Lipinski definition) is 1. The molecule has 4 aromatic rings. The average Bonchev–Trinajstić information content (AvgIpc) is 3.41. The van der Waals surface area contributed by atoms with E-state index < -0.39 is 5.97 Å². The van der Waals surface area contributed by atoms with Crippen molar-refractivity contribution < 1.29 is 14.3 Å². The Morgan fingerprint density at radius 2 is 2.00 bits per heavy atom. The Labute approximate surface area is 179 Å². The minimum absolute atomic E-state index is 0.0633. The third kappa shape index (κ3) is 3.51. The van der Waals surface area contributed by atoms with E-state index in [1.807, 2.05) is 42.5 Å². The molecule has 7 nitrogen and oxygen atoms in total. The second-order valence-electron chi connectivity index (χ2n) is 7.74. The monoisotopic (exact) mass is 416 g/mol. The molecule has 3 heterocycles. The Bertz CT molecular complexity index is 1270. The van der Waals surface area contributed by atoms with Gasteiger partial charge in [-0.15, -0.1) is 0 Å². The van der Waals surface area contributed by atoms with Crippen molar-refractivity contribution in [3.8, 4) is 5.69 Å². The van der Waals surface area contributed by atoms with Gasteiger partial charge in [0, 0.05) is 12.3 Å². The highest BCUT2D eigenvalue weighted by Crippen LogP contribution is 2.32. The first-order valence-electron chi connectivity index (χ1n) is 10.6. The number of para-hydroxylation sites is 2. The first-order valence-corrected chi connectivity index (χ1v) is 10.6. The zero-order chi connectivity index (χ0) is 21.4. The van der Waals surface area contributed by atoms with Crippen LogP contribution in [0.5, 0.6) is 0 Å². The number of aryl methyl sites for hydroxylation is 1. The van der Waals surface area contributed by atoms with Crippen LogP contribution in [0.1, 0.15) is 35.7 Å². The van der Waals surface area contributed by atoms with Gasteiger partial charge in [-0.1, -0.05) is 31.2 Å². The molecule has 0 spiro atoms. The molecule has 0 radical (unpaired) electrons. The number of fused-ring (bicyclic) bond motifs is 2. The lowest BCUT2D eigenvalue weighted by Gasteiger charge is -2.11. The van der Waals surface area contributed by atoms with E-state index in [1.165, 1.54) is 0 Å². The Morgan fingerprint density at radius 3 is 2.74 bits per heavy atom. The lowest BCUT2D eigenvalue weighted by Crippen LogP contribution is -2.18. The van der Waals surface area contributed by atoms with Crippen LogP contribution in [-0.2, 0) is 15.9 Å². The average molecular weight is 416 g/mol. The molecule has 0 amide bonds. The lowest BCUT2D eigenvalue weighted by atomic mass is 10.1. The number of nitrogens with two attached hydrogens (primary N) is 1. The van der Waals surface area contributed by atoms with Crippen LogP contribution in [0.3, 0.4) is 0 Å². The minimum Gasteiger partial charge on any atom is -0.459 e. The smallest absolute Gasteiger partial charge is 0.344 e. The molecular weight excluding hydrogens is 392 g/mol. The lowest BCUT2D eigenvalue weighted by molar-refractivity contribution is 0.0163. The summed E-state index contributed by atoms with van der Waals surface area (Å²) in [7, 11) is 0. The molecule has 0 saturated carbocycles. The highest BCUT2D eigenvalue weighted by Gasteiger charge is 2.27. The largest absolute Gasteiger partial charge is 0.459 e. The number of anilines is 1. The van der Waals surface area contributed by atoms with E-state index in [-0.39, 0.29) is 24.1 Å². The number of carbonyl (C=O) groups is 1. The van der Waals surface area contributed by atoms with Gasteiger partial charge in [0.05, 0.1) is 17.1 Å². The molecule has 1 aliphatic rings. The van der Waals surface area contributed by atoms with Crippen molar-refractivity contribution in [2.45, 2.75) is 32.3 Å². The standard InChI is InChI=1S/C24H24N4O3/c1-2-15-7-5-8-16(13-15)28-22(25)20(24(29)31-14-17-9-6-12-30-17)21-23(28)27-19-11-4-3-10-18(19)26-21/h3-5,7-8,10-11,13,17H,2,6,9,12,14,25H2,1H3/t17-/m1/s1. The fourth-order valence-electron chi connectivity index (χ4n) is 4.06. The van der Waals surface area contributed by atoms with Gasteiger partial charge < -0.3 is 15.2 Å². The van der Waals surface area contributed by atoms with Gasteiger partial charge in [-0.25, -0.2) is 14.8 Å². The molecule has 0 unspecified atom stereocenters. The molecule has 1 aliphatic heterocycles. The first-order chi connectivity index (χ1) is 15.2. The number of benzene rings is 2. The van der Waals surface area contributed by atoms with Crippen LogP contribution in [0.25, 0.3) is 27.9 Å². The highest BCUT2D eigenvalue weighted by molar-refractivity contribution is 6.09. The molecule has 7 heteroatoms. The molecule has 1 atom stereocenters. The second-order valence-corrected chi connectivity index (χ2v) is 7.74. The van der Waals surface area contributed by atoms with Gasteiger partial charge in [0.15, 0.2) is 5.65 Å². The normalized spacial score (nSPS) is 16.2. The maximum absolute atomic E-state index is 13.1. The Hall–Kier alpha value is -3.45. The van der Waals surface area contributed by atoms with Crippen LogP contribution < -0.4 is 5.73 Å². The van der Waals surface area contributed by atoms with Gasteiger partial charge in [0.2, 0.25) is 0 Å². The van der Waals surface area contributed by atoms with Crippen molar-refractivity contribution in [3.63, 3.8) is 0 Å². The quantitative estimate of drug-likeness (QED) is 0.494. The van der Waals surface area contributed by atoms with Crippen molar-refractivity contribution in [2.24, 2.45) is 0 Å². The predicted molar refractivity (Wildman–Crippen MR) is 119 cm³/mol. The first kappa shape index (κ1) is 19.5. The number of nitrogens with zero attached hydrogens (tertiary/aromatic N) is 3. The Morgan fingerprint density at radius 1 is 1.19 bits per heavy atom. The van der Waals surface area contributed by atoms with E-state index >= 15 is 0 Å². The predicted octanol–water partition coefficient (Wildman–Crippen LogP) is 4.05. The maximum atomic E-state index is 13.1. The molecule has 2 aromatic carbocycles. The fourth-order valence-corrected chi connectivity index (χ4v) is 4.06. The molecule has 2 aromatic heterocycles. The van der Waals surface area contributed by atoms with Crippen LogP contribution in [0.15, 0.2) is 48.5 Å². The number of nitrogen functional groups attached to an aromatic ring is 1. The van der Waals surface area contributed by atoms with Gasteiger partial charge >= 0.3 is 5.97 Å². The fraction of sp³-hybridized carbons (Fsp3) is 0.292. The van der Waals surface area contributed by atoms with Crippen molar-refractivity contribution in [2.75, 3.05) is 18.9 Å². The minimum atomic E-state index is -0.507. The molecule has 0 bridgehead atoms. The van der Waals surface area contributed by atoms with Crippen LogP contribution in [0.2, 0.25) is 0 Å². The number of rotatable bonds is 5. The van der Waals surface area contributed by atoms with Crippen molar-refractivity contribution in [1.82, 2.24) is 14.5 Å². The number of ether oxygens (including phenoxy) is 2. The van der Waals surface area contributed by atoms with E-state index in [0.717, 1.165) is 36.0 Å². The summed E-state index contributed by atoms with van der Waals surface area (Å²) in [6.45, 7) is 3.00. The van der Waals surface area contributed by atoms with E-state index in [9.17, 15) is 4.79 Å². The summed E-state index contributed by atoms with van der Waals surface area (Å²) in [5, 5.41) is 0. The number of aromatic nitrogens is 3. The summed E-state index contributed by atoms with van der Waals surface area (Å²) in [5.41, 5.74) is 11.2. The number of carbonyl (C=O) groups excluding carboxylic acids is 1. The summed E-state index contributed by atoms with van der Waals surface area (Å²) in [6.07, 6.45) is 2.69.